The van der Waals surface area contributed by atoms with Gasteiger partial charge in [-0.1, -0.05) is 0 Å². The number of carboxylic acids is 3. The minimum absolute atomic E-state index is 0.100. The van der Waals surface area contributed by atoms with Gasteiger partial charge < -0.3 is 36.6 Å². The summed E-state index contributed by atoms with van der Waals surface area (Å²) in [6, 6.07) is -3.45. The van der Waals surface area contributed by atoms with Crippen LogP contribution in [0.15, 0.2) is 0 Å². The summed E-state index contributed by atoms with van der Waals surface area (Å²) < 4.78 is 0. The van der Waals surface area contributed by atoms with Crippen LogP contribution in [0.1, 0.15) is 38.5 Å². The number of nitrogens with zero attached hydrogens (tertiary/aromatic N) is 1. The molecule has 1 heterocycles. The van der Waals surface area contributed by atoms with Crippen LogP contribution in [0.2, 0.25) is 0 Å². The second-order valence-corrected chi connectivity index (χ2v) is 6.83. The van der Waals surface area contributed by atoms with Gasteiger partial charge in [0, 0.05) is 19.4 Å². The zero-order valence-electron chi connectivity index (χ0n) is 16.2. The molecule has 1 rings (SSSR count). The normalized spacial score (nSPS) is 17.6. The molecule has 13 nitrogen and oxygen atoms in total. The van der Waals surface area contributed by atoms with E-state index in [1.54, 1.807) is 0 Å². The lowest BCUT2D eigenvalue weighted by molar-refractivity contribution is -0.145. The van der Waals surface area contributed by atoms with Crippen LogP contribution in [-0.4, -0.2) is 87.1 Å². The predicted octanol–water partition coefficient (Wildman–Crippen LogP) is -2.28. The number of likely N-dealkylation sites (tertiary alicyclic amines) is 1. The van der Waals surface area contributed by atoms with Crippen molar-refractivity contribution in [1.82, 2.24) is 15.5 Å². The molecule has 3 atom stereocenters. The van der Waals surface area contributed by atoms with E-state index in [0.717, 1.165) is 0 Å². The zero-order valence-corrected chi connectivity index (χ0v) is 16.2. The van der Waals surface area contributed by atoms with E-state index in [-0.39, 0.29) is 32.2 Å². The Bertz CT molecular complexity index is 697. The third-order valence-corrected chi connectivity index (χ3v) is 4.56. The second kappa shape index (κ2) is 11.7. The first-order valence-corrected chi connectivity index (χ1v) is 9.32. The highest BCUT2D eigenvalue weighted by atomic mass is 16.4. The van der Waals surface area contributed by atoms with Crippen LogP contribution >= 0.6 is 0 Å². The van der Waals surface area contributed by atoms with Gasteiger partial charge in [0.25, 0.3) is 0 Å². The van der Waals surface area contributed by atoms with Gasteiger partial charge in [-0.25, -0.2) is 4.79 Å². The summed E-state index contributed by atoms with van der Waals surface area (Å²) in [4.78, 5) is 70.2. The van der Waals surface area contributed by atoms with Gasteiger partial charge in [-0.2, -0.15) is 0 Å². The van der Waals surface area contributed by atoms with Gasteiger partial charge >= 0.3 is 17.9 Å². The van der Waals surface area contributed by atoms with Gasteiger partial charge in [0.15, 0.2) is 0 Å². The van der Waals surface area contributed by atoms with Crippen molar-refractivity contribution in [2.75, 3.05) is 13.1 Å². The van der Waals surface area contributed by atoms with E-state index in [9.17, 15) is 28.8 Å². The van der Waals surface area contributed by atoms with Crippen molar-refractivity contribution in [3.63, 3.8) is 0 Å². The molecule has 1 saturated heterocycles. The summed E-state index contributed by atoms with van der Waals surface area (Å²) in [5, 5.41) is 31.0. The molecule has 13 heteroatoms. The van der Waals surface area contributed by atoms with Gasteiger partial charge in [-0.3, -0.25) is 24.0 Å². The molecule has 0 aromatic rings. The Morgan fingerprint density at radius 1 is 1.00 bits per heavy atom. The van der Waals surface area contributed by atoms with E-state index in [1.807, 2.05) is 0 Å². The number of nitrogens with one attached hydrogen (secondary N) is 2. The standard InChI is InChI=1S/C17H26N4O9/c18-9(3-5-13(23)24)15(27)19-8-12(22)21-7-1-2-11(21)16(28)20-10(17(29)30)4-6-14(25)26/h9-11H,1-8,18H2,(H,19,27)(H,20,28)(H,23,24)(H,25,26)(H,29,30). The molecule has 30 heavy (non-hydrogen) atoms. The fourth-order valence-electron chi connectivity index (χ4n) is 2.94. The summed E-state index contributed by atoms with van der Waals surface area (Å²) in [7, 11) is 0. The minimum atomic E-state index is -1.40. The van der Waals surface area contributed by atoms with Crippen molar-refractivity contribution < 1.29 is 44.1 Å². The van der Waals surface area contributed by atoms with Gasteiger partial charge in [0.05, 0.1) is 12.6 Å². The Balaban J connectivity index is 2.60. The van der Waals surface area contributed by atoms with Crippen LogP contribution in [0.3, 0.4) is 0 Å². The maximum Gasteiger partial charge on any atom is 0.326 e. The summed E-state index contributed by atoms with van der Waals surface area (Å²) in [5.41, 5.74) is 5.55. The molecule has 0 bridgehead atoms. The van der Waals surface area contributed by atoms with Crippen LogP contribution in [-0.2, 0) is 28.8 Å². The number of carboxylic acid groups (broad SMARTS) is 3. The van der Waals surface area contributed by atoms with Gasteiger partial charge in [0.2, 0.25) is 17.7 Å². The number of rotatable bonds is 12. The van der Waals surface area contributed by atoms with Crippen LogP contribution in [0, 0.1) is 0 Å². The van der Waals surface area contributed by atoms with Crippen LogP contribution in [0.4, 0.5) is 0 Å². The van der Waals surface area contributed by atoms with Crippen molar-refractivity contribution in [3.05, 3.63) is 0 Å². The van der Waals surface area contributed by atoms with Crippen molar-refractivity contribution in [2.45, 2.75) is 56.7 Å². The summed E-state index contributed by atoms with van der Waals surface area (Å²) in [6.45, 7) is -0.227. The molecular weight excluding hydrogens is 404 g/mol. The van der Waals surface area contributed by atoms with Crippen molar-refractivity contribution in [2.24, 2.45) is 5.73 Å². The molecule has 1 fully saturated rings. The van der Waals surface area contributed by atoms with E-state index in [1.165, 1.54) is 4.90 Å². The number of amides is 3. The van der Waals surface area contributed by atoms with E-state index < -0.39 is 66.7 Å². The van der Waals surface area contributed by atoms with Gasteiger partial charge in [-0.05, 0) is 25.7 Å². The lowest BCUT2D eigenvalue weighted by atomic mass is 10.1. The number of hydrogen-bond donors (Lipinski definition) is 6. The number of carbonyl (C=O) groups is 6. The topological polar surface area (TPSA) is 216 Å². The highest BCUT2D eigenvalue weighted by Gasteiger charge is 2.36. The molecule has 1 aliphatic heterocycles. The van der Waals surface area contributed by atoms with Crippen LogP contribution in [0.25, 0.3) is 0 Å². The molecule has 3 amide bonds. The number of nitrogens with two attached hydrogens (primary N) is 1. The second-order valence-electron chi connectivity index (χ2n) is 6.83. The molecule has 1 aliphatic rings. The molecule has 168 valence electrons. The highest BCUT2D eigenvalue weighted by molar-refractivity contribution is 5.93. The molecule has 0 aromatic heterocycles. The Labute approximate surface area is 171 Å². The fourth-order valence-corrected chi connectivity index (χ4v) is 2.94. The molecule has 0 aromatic carbocycles. The molecule has 0 spiro atoms. The maximum absolute atomic E-state index is 12.4. The first kappa shape index (κ1) is 24.8. The van der Waals surface area contributed by atoms with Gasteiger partial charge in [0.1, 0.15) is 12.1 Å². The maximum atomic E-state index is 12.4. The summed E-state index contributed by atoms with van der Waals surface area (Å²) in [6.07, 6.45) is -0.377. The fraction of sp³-hybridized carbons (Fsp3) is 0.647. The molecule has 0 radical (unpaired) electrons. The molecule has 3 unspecified atom stereocenters. The Morgan fingerprint density at radius 3 is 2.17 bits per heavy atom. The van der Waals surface area contributed by atoms with Gasteiger partial charge in [-0.15, -0.1) is 0 Å². The lowest BCUT2D eigenvalue weighted by Gasteiger charge is -2.25. The molecule has 0 aliphatic carbocycles. The summed E-state index contributed by atoms with van der Waals surface area (Å²) in [5.74, 6) is -5.70. The smallest absolute Gasteiger partial charge is 0.326 e. The molecule has 7 N–H and O–H groups in total. The average molecular weight is 430 g/mol. The van der Waals surface area contributed by atoms with E-state index in [2.05, 4.69) is 10.6 Å². The highest BCUT2D eigenvalue weighted by Crippen LogP contribution is 2.18. The summed E-state index contributed by atoms with van der Waals surface area (Å²) >= 11 is 0. The van der Waals surface area contributed by atoms with Crippen LogP contribution < -0.4 is 16.4 Å². The first-order valence-electron chi connectivity index (χ1n) is 9.32. The quantitative estimate of drug-likeness (QED) is 0.195. The van der Waals surface area contributed by atoms with Crippen molar-refractivity contribution in [3.8, 4) is 0 Å². The SMILES string of the molecule is NC(CCC(=O)O)C(=O)NCC(=O)N1CCCC1C(=O)NC(CCC(=O)O)C(=O)O. The third-order valence-electron chi connectivity index (χ3n) is 4.56. The largest absolute Gasteiger partial charge is 0.481 e. The average Bonchev–Trinajstić information content (AvgIpc) is 3.16. The number of aliphatic carboxylic acids is 3. The molecule has 0 saturated carbocycles. The first-order chi connectivity index (χ1) is 14.0. The van der Waals surface area contributed by atoms with E-state index in [0.29, 0.717) is 6.42 Å². The predicted molar refractivity (Wildman–Crippen MR) is 99.0 cm³/mol. The van der Waals surface area contributed by atoms with Crippen LogP contribution in [0.5, 0.6) is 0 Å². The van der Waals surface area contributed by atoms with Crippen molar-refractivity contribution >= 4 is 35.6 Å². The monoisotopic (exact) mass is 430 g/mol. The minimum Gasteiger partial charge on any atom is -0.481 e. The Hall–Kier alpha value is -3.22. The zero-order chi connectivity index (χ0) is 22.8. The number of carbonyl (C=O) groups excluding carboxylic acids is 3. The van der Waals surface area contributed by atoms with Crippen molar-refractivity contribution in [1.29, 1.82) is 0 Å². The molecular formula is C17H26N4O9. The Kier molecular flexibility index (Phi) is 9.68. The Morgan fingerprint density at radius 2 is 1.60 bits per heavy atom. The van der Waals surface area contributed by atoms with E-state index in [4.69, 9.17) is 21.1 Å². The number of hydrogen-bond acceptors (Lipinski definition) is 7. The lowest BCUT2D eigenvalue weighted by Crippen LogP contribution is -2.53. The van der Waals surface area contributed by atoms with E-state index >= 15 is 0 Å². The third kappa shape index (κ3) is 8.03.